The van der Waals surface area contributed by atoms with Crippen LogP contribution >= 0.6 is 0 Å². The second kappa shape index (κ2) is 9.76. The first-order chi connectivity index (χ1) is 16.3. The van der Waals surface area contributed by atoms with Gasteiger partial charge in [-0.15, -0.1) is 0 Å². The van der Waals surface area contributed by atoms with E-state index < -0.39 is 53.3 Å². The number of rotatable bonds is 8. The number of amides is 1. The molecule has 12 heteroatoms. The number of hydroxylamine groups is 1. The zero-order chi connectivity index (χ0) is 26.0. The van der Waals surface area contributed by atoms with Crippen molar-refractivity contribution in [3.05, 3.63) is 64.7 Å². The Morgan fingerprint density at radius 1 is 1.00 bits per heavy atom. The predicted molar refractivity (Wildman–Crippen MR) is 108 cm³/mol. The largest absolute Gasteiger partial charge is 0.489 e. The SMILES string of the molecule is CCOC(=O)C1(Cc2ccc(OCc3cc(C(F)(F)F)cc(C(F)(F)F)c3)cc2)CC1C(=O)NO. The lowest BCUT2D eigenvalue weighted by Crippen LogP contribution is -2.30. The maximum Gasteiger partial charge on any atom is 0.416 e. The first-order valence-corrected chi connectivity index (χ1v) is 10.4. The molecule has 2 aromatic carbocycles. The van der Waals surface area contributed by atoms with Gasteiger partial charge in [0.05, 0.1) is 29.1 Å². The van der Waals surface area contributed by atoms with E-state index in [4.69, 9.17) is 14.7 Å². The fourth-order valence-electron chi connectivity index (χ4n) is 3.83. The standard InChI is InChI=1S/C23H21F6NO5/c1-2-34-20(32)21(11-18(21)19(31)30-33)10-13-3-5-17(6-4-13)35-12-14-7-15(22(24,25)26)9-16(8-14)23(27,28)29/h3-9,18,33H,2,10-12H2,1H3,(H,30,31). The highest BCUT2D eigenvalue weighted by molar-refractivity contribution is 5.93. The van der Waals surface area contributed by atoms with Crippen LogP contribution in [0.2, 0.25) is 0 Å². The van der Waals surface area contributed by atoms with Crippen molar-refractivity contribution in [2.45, 2.75) is 38.7 Å². The second-order valence-corrected chi connectivity index (χ2v) is 8.13. The summed E-state index contributed by atoms with van der Waals surface area (Å²) < 4.78 is 88.5. The molecule has 1 aliphatic rings. The average Bonchev–Trinajstić information content (AvgIpc) is 3.52. The minimum absolute atomic E-state index is 0.0415. The lowest BCUT2D eigenvalue weighted by atomic mass is 9.93. The third-order valence-electron chi connectivity index (χ3n) is 5.68. The molecule has 3 rings (SSSR count). The van der Waals surface area contributed by atoms with Gasteiger partial charge in [0.1, 0.15) is 12.4 Å². The van der Waals surface area contributed by atoms with Crippen LogP contribution < -0.4 is 10.2 Å². The van der Waals surface area contributed by atoms with Crippen LogP contribution in [0.4, 0.5) is 26.3 Å². The molecular weight excluding hydrogens is 484 g/mol. The molecule has 2 N–H and O–H groups in total. The van der Waals surface area contributed by atoms with E-state index in [-0.39, 0.29) is 36.8 Å². The Morgan fingerprint density at radius 2 is 1.57 bits per heavy atom. The first-order valence-electron chi connectivity index (χ1n) is 10.4. The lowest BCUT2D eigenvalue weighted by Gasteiger charge is -2.16. The zero-order valence-electron chi connectivity index (χ0n) is 18.3. The lowest BCUT2D eigenvalue weighted by molar-refractivity contribution is -0.152. The fourth-order valence-corrected chi connectivity index (χ4v) is 3.83. The van der Waals surface area contributed by atoms with Crippen LogP contribution in [-0.4, -0.2) is 23.7 Å². The average molecular weight is 505 g/mol. The van der Waals surface area contributed by atoms with Gasteiger partial charge in [0, 0.05) is 0 Å². The molecule has 2 aromatic rings. The molecule has 2 unspecified atom stereocenters. The summed E-state index contributed by atoms with van der Waals surface area (Å²) in [6, 6.07) is 7.20. The summed E-state index contributed by atoms with van der Waals surface area (Å²) >= 11 is 0. The molecule has 0 aliphatic heterocycles. The number of hydrogen-bond donors (Lipinski definition) is 2. The molecule has 6 nitrogen and oxygen atoms in total. The molecule has 190 valence electrons. The van der Waals surface area contributed by atoms with Gasteiger partial charge in [-0.1, -0.05) is 12.1 Å². The van der Waals surface area contributed by atoms with E-state index in [1.165, 1.54) is 17.6 Å². The monoisotopic (exact) mass is 505 g/mol. The number of alkyl halides is 6. The normalized spacial score (nSPS) is 19.7. The molecule has 0 saturated heterocycles. The molecule has 1 fully saturated rings. The van der Waals surface area contributed by atoms with Crippen molar-refractivity contribution in [2.24, 2.45) is 11.3 Å². The van der Waals surface area contributed by atoms with Gasteiger partial charge in [-0.2, -0.15) is 26.3 Å². The van der Waals surface area contributed by atoms with E-state index in [2.05, 4.69) is 0 Å². The molecule has 1 amide bonds. The first kappa shape index (κ1) is 26.3. The van der Waals surface area contributed by atoms with Crippen LogP contribution in [0.3, 0.4) is 0 Å². The number of carbonyl (C=O) groups excluding carboxylic acids is 2. The highest BCUT2D eigenvalue weighted by Gasteiger charge is 2.64. The topological polar surface area (TPSA) is 84.9 Å². The molecule has 0 bridgehead atoms. The minimum Gasteiger partial charge on any atom is -0.489 e. The van der Waals surface area contributed by atoms with Crippen molar-refractivity contribution >= 4 is 11.9 Å². The van der Waals surface area contributed by atoms with Crippen LogP contribution in [0, 0.1) is 11.3 Å². The van der Waals surface area contributed by atoms with E-state index in [9.17, 15) is 35.9 Å². The third-order valence-corrected chi connectivity index (χ3v) is 5.68. The molecular formula is C23H21F6NO5. The molecule has 0 heterocycles. The summed E-state index contributed by atoms with van der Waals surface area (Å²) in [7, 11) is 0. The highest BCUT2D eigenvalue weighted by atomic mass is 19.4. The van der Waals surface area contributed by atoms with Gasteiger partial charge in [-0.05, 0) is 61.2 Å². The van der Waals surface area contributed by atoms with Crippen LogP contribution in [-0.2, 0) is 39.7 Å². The molecule has 35 heavy (non-hydrogen) atoms. The molecule has 1 saturated carbocycles. The number of esters is 1. The number of halogens is 6. The van der Waals surface area contributed by atoms with Gasteiger partial charge in [0.25, 0.3) is 0 Å². The van der Waals surface area contributed by atoms with Crippen LogP contribution in [0.25, 0.3) is 0 Å². The van der Waals surface area contributed by atoms with Crippen molar-refractivity contribution in [1.29, 1.82) is 0 Å². The Labute approximate surface area is 195 Å². The van der Waals surface area contributed by atoms with Crippen molar-refractivity contribution < 1.29 is 50.6 Å². The summed E-state index contributed by atoms with van der Waals surface area (Å²) in [4.78, 5) is 24.2. The van der Waals surface area contributed by atoms with Gasteiger partial charge in [0.15, 0.2) is 0 Å². The van der Waals surface area contributed by atoms with E-state index >= 15 is 0 Å². The van der Waals surface area contributed by atoms with E-state index in [0.29, 0.717) is 17.7 Å². The third kappa shape index (κ3) is 6.05. The summed E-state index contributed by atoms with van der Waals surface area (Å²) in [6.45, 7) is 1.17. The van der Waals surface area contributed by atoms with Gasteiger partial charge in [-0.25, -0.2) is 5.48 Å². The van der Waals surface area contributed by atoms with Crippen molar-refractivity contribution in [2.75, 3.05) is 6.61 Å². The summed E-state index contributed by atoms with van der Waals surface area (Å²) in [5.41, 5.74) is -2.19. The van der Waals surface area contributed by atoms with Crippen LogP contribution in [0.15, 0.2) is 42.5 Å². The maximum absolute atomic E-state index is 13.0. The van der Waals surface area contributed by atoms with E-state index in [1.54, 1.807) is 19.1 Å². The quantitative estimate of drug-likeness (QED) is 0.230. The second-order valence-electron chi connectivity index (χ2n) is 8.13. The van der Waals surface area contributed by atoms with Crippen LogP contribution in [0.1, 0.15) is 35.6 Å². The van der Waals surface area contributed by atoms with Crippen LogP contribution in [0.5, 0.6) is 5.75 Å². The maximum atomic E-state index is 13.0. The summed E-state index contributed by atoms with van der Waals surface area (Å²) in [5.74, 6) is -1.90. The molecule has 0 radical (unpaired) electrons. The Balaban J connectivity index is 1.72. The number of hydrogen-bond acceptors (Lipinski definition) is 5. The fraction of sp³-hybridized carbons (Fsp3) is 0.391. The Morgan fingerprint density at radius 3 is 2.06 bits per heavy atom. The number of nitrogens with one attached hydrogen (secondary N) is 1. The molecule has 0 spiro atoms. The van der Waals surface area contributed by atoms with Gasteiger partial charge >= 0.3 is 18.3 Å². The van der Waals surface area contributed by atoms with Crippen molar-refractivity contribution in [1.82, 2.24) is 5.48 Å². The number of ether oxygens (including phenoxy) is 2. The smallest absolute Gasteiger partial charge is 0.416 e. The van der Waals surface area contributed by atoms with E-state index in [1.807, 2.05) is 0 Å². The van der Waals surface area contributed by atoms with Gasteiger partial charge in [-0.3, -0.25) is 14.8 Å². The minimum atomic E-state index is -4.96. The zero-order valence-corrected chi connectivity index (χ0v) is 18.3. The van der Waals surface area contributed by atoms with Crippen molar-refractivity contribution in [3.63, 3.8) is 0 Å². The van der Waals surface area contributed by atoms with E-state index in [0.717, 1.165) is 0 Å². The van der Waals surface area contributed by atoms with Gasteiger partial charge < -0.3 is 9.47 Å². The highest BCUT2D eigenvalue weighted by Crippen LogP contribution is 2.56. The number of carbonyl (C=O) groups is 2. The molecule has 2 atom stereocenters. The molecule has 1 aliphatic carbocycles. The Hall–Kier alpha value is -3.28. The Kier molecular flexibility index (Phi) is 7.34. The Bertz CT molecular complexity index is 1050. The molecule has 0 aromatic heterocycles. The predicted octanol–water partition coefficient (Wildman–Crippen LogP) is 4.92. The summed E-state index contributed by atoms with van der Waals surface area (Å²) in [5, 5.41) is 8.87. The summed E-state index contributed by atoms with van der Waals surface area (Å²) in [6.07, 6.45) is -9.62. The van der Waals surface area contributed by atoms with Gasteiger partial charge in [0.2, 0.25) is 5.91 Å². The van der Waals surface area contributed by atoms with Crippen molar-refractivity contribution in [3.8, 4) is 5.75 Å². The number of benzene rings is 2.